The molecule has 65 heavy (non-hydrogen) atoms. The van der Waals surface area contributed by atoms with Gasteiger partial charge < -0.3 is 13.9 Å². The van der Waals surface area contributed by atoms with Gasteiger partial charge in [-0.15, -0.1) is 0 Å². The van der Waals surface area contributed by atoms with Crippen molar-refractivity contribution in [3.8, 4) is 39.1 Å². The van der Waals surface area contributed by atoms with Crippen molar-refractivity contribution in [2.24, 2.45) is 0 Å². The van der Waals surface area contributed by atoms with E-state index in [-0.39, 0.29) is 0 Å². The van der Waals surface area contributed by atoms with Crippen LogP contribution in [0.1, 0.15) is 0 Å². The number of furan rings is 1. The molecule has 2 aromatic heterocycles. The Morgan fingerprint density at radius 2 is 0.769 bits per heavy atom. The maximum Gasteiger partial charge on any atom is 0.136 e. The molecule has 3 heteroatoms. The van der Waals surface area contributed by atoms with Gasteiger partial charge in [0.25, 0.3) is 0 Å². The summed E-state index contributed by atoms with van der Waals surface area (Å²) < 4.78 is 8.62. The highest BCUT2D eigenvalue weighted by atomic mass is 16.3. The molecule has 0 fully saturated rings. The molecule has 0 bridgehead atoms. The maximum atomic E-state index is 6.25. The molecule has 13 aromatic rings. The minimum atomic E-state index is 0.901. The molecule has 0 aliphatic heterocycles. The minimum absolute atomic E-state index is 0.901. The molecule has 3 nitrogen and oxygen atoms in total. The molecule has 0 aliphatic rings. The van der Waals surface area contributed by atoms with Gasteiger partial charge in [0.1, 0.15) is 11.2 Å². The van der Waals surface area contributed by atoms with E-state index >= 15 is 0 Å². The Morgan fingerprint density at radius 1 is 0.308 bits per heavy atom. The summed E-state index contributed by atoms with van der Waals surface area (Å²) in [6.07, 6.45) is 0. The fraction of sp³-hybridized carbons (Fsp3) is 0. The van der Waals surface area contributed by atoms with E-state index in [4.69, 9.17) is 4.42 Å². The van der Waals surface area contributed by atoms with Crippen molar-refractivity contribution in [3.05, 3.63) is 243 Å². The van der Waals surface area contributed by atoms with Gasteiger partial charge >= 0.3 is 0 Å². The average Bonchev–Trinajstić information content (AvgIpc) is 3.93. The molecule has 2 heterocycles. The monoisotopic (exact) mass is 828 g/mol. The zero-order valence-corrected chi connectivity index (χ0v) is 35.4. The molecule has 0 spiro atoms. The lowest BCUT2D eigenvalue weighted by molar-refractivity contribution is 0.669. The van der Waals surface area contributed by atoms with Crippen LogP contribution in [-0.4, -0.2) is 4.57 Å². The van der Waals surface area contributed by atoms with Crippen LogP contribution in [0.5, 0.6) is 0 Å². The Labute approximate surface area is 376 Å². The molecular formula is C62H40N2O. The highest BCUT2D eigenvalue weighted by Gasteiger charge is 2.17. The predicted octanol–water partition coefficient (Wildman–Crippen LogP) is 17.5. The van der Waals surface area contributed by atoms with Gasteiger partial charge in [0.15, 0.2) is 0 Å². The van der Waals surface area contributed by atoms with Gasteiger partial charge in [-0.1, -0.05) is 170 Å². The molecule has 13 rings (SSSR count). The Kier molecular flexibility index (Phi) is 8.53. The van der Waals surface area contributed by atoms with Crippen molar-refractivity contribution in [1.82, 2.24) is 4.57 Å². The average molecular weight is 829 g/mol. The summed E-state index contributed by atoms with van der Waals surface area (Å²) in [6, 6.07) is 87.7. The van der Waals surface area contributed by atoms with Crippen LogP contribution in [0.4, 0.5) is 17.1 Å². The second kappa shape index (κ2) is 15.0. The van der Waals surface area contributed by atoms with Gasteiger partial charge in [-0.05, 0) is 128 Å². The molecule has 304 valence electrons. The predicted molar refractivity (Wildman–Crippen MR) is 274 cm³/mol. The topological polar surface area (TPSA) is 21.3 Å². The molecular weight excluding hydrogens is 789 g/mol. The molecule has 0 aliphatic carbocycles. The van der Waals surface area contributed by atoms with Crippen molar-refractivity contribution in [3.63, 3.8) is 0 Å². The number of fused-ring (bicyclic) bond motifs is 9. The first-order chi connectivity index (χ1) is 32.2. The van der Waals surface area contributed by atoms with E-state index in [1.54, 1.807) is 0 Å². The van der Waals surface area contributed by atoms with E-state index in [0.29, 0.717) is 0 Å². The smallest absolute Gasteiger partial charge is 0.136 e. The summed E-state index contributed by atoms with van der Waals surface area (Å²) in [5.74, 6) is 0. The van der Waals surface area contributed by atoms with Crippen LogP contribution >= 0.6 is 0 Å². The first-order valence-corrected chi connectivity index (χ1v) is 22.2. The third kappa shape index (κ3) is 6.20. The van der Waals surface area contributed by atoms with Crippen LogP contribution < -0.4 is 4.90 Å². The van der Waals surface area contributed by atoms with E-state index in [9.17, 15) is 0 Å². The lowest BCUT2D eigenvalue weighted by Gasteiger charge is -2.26. The van der Waals surface area contributed by atoms with Crippen LogP contribution in [0.15, 0.2) is 247 Å². The second-order valence-electron chi connectivity index (χ2n) is 16.9. The van der Waals surface area contributed by atoms with Crippen LogP contribution in [0.3, 0.4) is 0 Å². The van der Waals surface area contributed by atoms with E-state index in [0.717, 1.165) is 55.8 Å². The highest BCUT2D eigenvalue weighted by molar-refractivity contribution is 6.13. The third-order valence-electron chi connectivity index (χ3n) is 13.2. The third-order valence-corrected chi connectivity index (χ3v) is 13.2. The van der Waals surface area contributed by atoms with Gasteiger partial charge in [0.2, 0.25) is 0 Å². The largest absolute Gasteiger partial charge is 0.456 e. The molecule has 0 unspecified atom stereocenters. The molecule has 0 N–H and O–H groups in total. The van der Waals surface area contributed by atoms with Crippen molar-refractivity contribution in [2.45, 2.75) is 0 Å². The van der Waals surface area contributed by atoms with Crippen molar-refractivity contribution < 1.29 is 4.42 Å². The van der Waals surface area contributed by atoms with Crippen LogP contribution in [0.25, 0.3) is 104 Å². The summed E-state index contributed by atoms with van der Waals surface area (Å²) in [4.78, 5) is 2.37. The fourth-order valence-corrected chi connectivity index (χ4v) is 10.0. The Morgan fingerprint density at radius 3 is 1.42 bits per heavy atom. The number of benzene rings is 11. The maximum absolute atomic E-state index is 6.25. The molecule has 0 atom stereocenters. The Balaban J connectivity index is 0.837. The van der Waals surface area contributed by atoms with E-state index in [1.807, 2.05) is 12.1 Å². The summed E-state index contributed by atoms with van der Waals surface area (Å²) >= 11 is 0. The molecule has 11 aromatic carbocycles. The number of nitrogens with zero attached hydrogens (tertiary/aromatic N) is 2. The Hall–Kier alpha value is -8.66. The van der Waals surface area contributed by atoms with E-state index in [2.05, 4.69) is 240 Å². The second-order valence-corrected chi connectivity index (χ2v) is 16.9. The summed E-state index contributed by atoms with van der Waals surface area (Å²) in [5.41, 5.74) is 15.7. The number of aromatic nitrogens is 1. The number of anilines is 3. The molecule has 0 saturated heterocycles. The zero-order chi connectivity index (χ0) is 42.8. The van der Waals surface area contributed by atoms with Crippen LogP contribution in [0, 0.1) is 0 Å². The standard InChI is InChI=1S/C62H40N2O/c1-2-11-52-45(10-1)24-25-47-32-39-51(40-57(47)52)63(49-37-30-46(31-38-49)53-15-9-19-61-62(53)56-14-5-8-18-60(56)65-61)48-33-26-43(27-34-48)41-20-22-42(23-21-41)44-28-35-50(36-29-44)64-58-16-6-3-12-54(58)55-13-4-7-17-59(55)64/h1-40H. The highest BCUT2D eigenvalue weighted by Crippen LogP contribution is 2.42. The van der Waals surface area contributed by atoms with E-state index in [1.165, 1.54) is 65.6 Å². The van der Waals surface area contributed by atoms with E-state index < -0.39 is 0 Å². The van der Waals surface area contributed by atoms with Gasteiger partial charge in [0.05, 0.1) is 11.0 Å². The van der Waals surface area contributed by atoms with Gasteiger partial charge in [-0.3, -0.25) is 0 Å². The Bertz CT molecular complexity index is 3860. The first-order valence-electron chi connectivity index (χ1n) is 22.2. The number of hydrogen-bond acceptors (Lipinski definition) is 2. The fourth-order valence-electron chi connectivity index (χ4n) is 10.0. The lowest BCUT2D eigenvalue weighted by atomic mass is 9.98. The zero-order valence-electron chi connectivity index (χ0n) is 35.4. The summed E-state index contributed by atoms with van der Waals surface area (Å²) in [6.45, 7) is 0. The SMILES string of the molecule is c1ccc2c(c1)ccc1ccc(N(c3ccc(-c4ccc(-c5ccc(-n6c7ccccc7c7ccccc76)cc5)cc4)cc3)c3ccc(-c4cccc5oc6ccccc6c45)cc3)cc12. The number of para-hydroxylation sites is 3. The number of hydrogen-bond donors (Lipinski definition) is 0. The van der Waals surface area contributed by atoms with Gasteiger partial charge in [-0.2, -0.15) is 0 Å². The summed E-state index contributed by atoms with van der Waals surface area (Å²) in [7, 11) is 0. The van der Waals surface area contributed by atoms with Crippen LogP contribution in [-0.2, 0) is 0 Å². The van der Waals surface area contributed by atoms with Crippen LogP contribution in [0.2, 0.25) is 0 Å². The van der Waals surface area contributed by atoms with Crippen molar-refractivity contribution in [1.29, 1.82) is 0 Å². The van der Waals surface area contributed by atoms with Gasteiger partial charge in [-0.25, -0.2) is 0 Å². The lowest BCUT2D eigenvalue weighted by Crippen LogP contribution is -2.09. The normalized spacial score (nSPS) is 11.7. The number of rotatable bonds is 7. The molecule has 0 amide bonds. The molecule has 0 radical (unpaired) electrons. The van der Waals surface area contributed by atoms with Gasteiger partial charge in [0, 0.05) is 44.3 Å². The quantitative estimate of drug-likeness (QED) is 0.149. The minimum Gasteiger partial charge on any atom is -0.456 e. The molecule has 0 saturated carbocycles. The first kappa shape index (κ1) is 36.9. The van der Waals surface area contributed by atoms with Crippen molar-refractivity contribution >= 4 is 82.4 Å². The summed E-state index contributed by atoms with van der Waals surface area (Å²) in [5, 5.41) is 9.77. The van der Waals surface area contributed by atoms with Crippen molar-refractivity contribution in [2.75, 3.05) is 4.90 Å².